The van der Waals surface area contributed by atoms with E-state index in [0.29, 0.717) is 11.3 Å². The van der Waals surface area contributed by atoms with Gasteiger partial charge in [-0.15, -0.1) is 10.2 Å². The number of nitrogens with two attached hydrogens (primary N) is 1. The molecule has 2 aromatic carbocycles. The zero-order chi connectivity index (χ0) is 27.1. The molecule has 0 saturated carbocycles. The number of aliphatic hydroxyl groups excluding tert-OH is 1. The molecule has 0 bridgehead atoms. The molecule has 0 radical (unpaired) electrons. The lowest BCUT2D eigenvalue weighted by Gasteiger charge is -2.28. The van der Waals surface area contributed by atoms with E-state index in [-0.39, 0.29) is 37.8 Å². The first-order chi connectivity index (χ1) is 18.3. The van der Waals surface area contributed by atoms with E-state index in [4.69, 9.17) is 5.73 Å². The molecule has 0 unspecified atom stereocenters. The van der Waals surface area contributed by atoms with E-state index in [9.17, 15) is 18.7 Å². The molecule has 3 N–H and O–H groups in total. The molecular formula is C27H29F2N7O2. The average molecular weight is 522 g/mol. The number of hydrogen-bond acceptors (Lipinski definition) is 7. The third kappa shape index (κ3) is 7.24. The van der Waals surface area contributed by atoms with Crippen molar-refractivity contribution in [1.29, 1.82) is 0 Å². The number of tetrazole rings is 1. The Labute approximate surface area is 218 Å². The van der Waals surface area contributed by atoms with Crippen LogP contribution >= 0.6 is 0 Å². The Balaban J connectivity index is 1.49. The molecule has 198 valence electrons. The van der Waals surface area contributed by atoms with Gasteiger partial charge in [-0.05, 0) is 59.0 Å². The van der Waals surface area contributed by atoms with Crippen molar-refractivity contribution in [3.05, 3.63) is 95.2 Å². The fourth-order valence-corrected chi connectivity index (χ4v) is 4.05. The molecule has 11 heteroatoms. The zero-order valence-electron chi connectivity index (χ0n) is 20.9. The molecule has 0 aliphatic carbocycles. The van der Waals surface area contributed by atoms with Crippen molar-refractivity contribution >= 4 is 5.91 Å². The van der Waals surface area contributed by atoms with Crippen molar-refractivity contribution in [1.82, 2.24) is 30.1 Å². The minimum atomic E-state index is -1.16. The summed E-state index contributed by atoms with van der Waals surface area (Å²) in [7, 11) is 0. The largest absolute Gasteiger partial charge is 0.390 e. The summed E-state index contributed by atoms with van der Waals surface area (Å²) in [5.41, 5.74) is 9.01. The van der Waals surface area contributed by atoms with Gasteiger partial charge in [-0.3, -0.25) is 9.78 Å². The molecule has 0 aliphatic heterocycles. The maximum absolute atomic E-state index is 13.6. The molecule has 1 amide bonds. The van der Waals surface area contributed by atoms with Crippen molar-refractivity contribution in [2.75, 3.05) is 6.54 Å². The van der Waals surface area contributed by atoms with E-state index in [0.717, 1.165) is 23.6 Å². The fourth-order valence-electron chi connectivity index (χ4n) is 4.05. The summed E-state index contributed by atoms with van der Waals surface area (Å²) in [6, 6.07) is 15.3. The van der Waals surface area contributed by atoms with Crippen LogP contribution in [-0.4, -0.2) is 59.8 Å². The third-order valence-electron chi connectivity index (χ3n) is 6.04. The van der Waals surface area contributed by atoms with Crippen molar-refractivity contribution in [3.8, 4) is 11.5 Å². The van der Waals surface area contributed by atoms with Gasteiger partial charge in [0, 0.05) is 31.4 Å². The molecule has 0 spiro atoms. The average Bonchev–Trinajstić information content (AvgIpc) is 3.36. The molecule has 0 fully saturated rings. The first-order valence-electron chi connectivity index (χ1n) is 12.2. The highest BCUT2D eigenvalue weighted by Gasteiger charge is 2.24. The summed E-state index contributed by atoms with van der Waals surface area (Å²) in [6.07, 6.45) is 1.31. The number of nitrogens with zero attached hydrogens (tertiary/aromatic N) is 6. The Hall–Kier alpha value is -4.09. The SMILES string of the molecule is CCc1cccc(CN(C[C@@H](O)[C@@H](N)Cc2cc(F)cc(F)c2)C(=O)Cn2nnc(-c3ccccn3)n2)c1. The molecule has 38 heavy (non-hydrogen) atoms. The number of aromatic nitrogens is 5. The highest BCUT2D eigenvalue weighted by atomic mass is 19.1. The van der Waals surface area contributed by atoms with E-state index < -0.39 is 23.8 Å². The van der Waals surface area contributed by atoms with E-state index in [1.165, 1.54) is 21.8 Å². The summed E-state index contributed by atoms with van der Waals surface area (Å²) in [4.78, 5) is 20.2. The number of pyridine rings is 1. The number of aliphatic hydroxyl groups is 1. The van der Waals surface area contributed by atoms with Gasteiger partial charge in [0.1, 0.15) is 23.9 Å². The molecule has 4 aromatic rings. The van der Waals surface area contributed by atoms with Gasteiger partial charge in [-0.2, -0.15) is 4.80 Å². The van der Waals surface area contributed by atoms with Gasteiger partial charge in [0.05, 0.1) is 6.10 Å². The molecule has 0 aliphatic rings. The number of carbonyl (C=O) groups excluding carboxylic acids is 1. The van der Waals surface area contributed by atoms with Crippen molar-refractivity contribution in [3.63, 3.8) is 0 Å². The van der Waals surface area contributed by atoms with Crippen LogP contribution in [0.2, 0.25) is 0 Å². The highest BCUT2D eigenvalue weighted by Crippen LogP contribution is 2.15. The summed E-state index contributed by atoms with van der Waals surface area (Å²) in [6.45, 7) is 1.93. The first-order valence-corrected chi connectivity index (χ1v) is 12.2. The van der Waals surface area contributed by atoms with Gasteiger partial charge >= 0.3 is 0 Å². The van der Waals surface area contributed by atoms with Crippen LogP contribution in [0.1, 0.15) is 23.6 Å². The smallest absolute Gasteiger partial charge is 0.246 e. The standard InChI is InChI=1S/C27H29F2N7O2/c1-2-18-6-5-7-19(10-18)15-35(16-25(37)23(30)13-20-11-21(28)14-22(29)12-20)26(38)17-36-33-27(32-34-36)24-8-3-4-9-31-24/h3-12,14,23,25,37H,2,13,15-17,30H2,1H3/t23-,25+/m0/s1. The Bertz CT molecular complexity index is 1350. The van der Waals surface area contributed by atoms with E-state index in [1.807, 2.05) is 31.2 Å². The van der Waals surface area contributed by atoms with Crippen LogP contribution in [0.5, 0.6) is 0 Å². The quantitative estimate of drug-likeness (QED) is 0.311. The summed E-state index contributed by atoms with van der Waals surface area (Å²) < 4.78 is 27.2. The second-order valence-corrected chi connectivity index (χ2v) is 9.02. The number of benzene rings is 2. The molecule has 9 nitrogen and oxygen atoms in total. The van der Waals surface area contributed by atoms with Crippen LogP contribution in [-0.2, 0) is 30.7 Å². The molecule has 2 aromatic heterocycles. The second kappa shape index (κ2) is 12.4. The lowest BCUT2D eigenvalue weighted by Crippen LogP contribution is -2.47. The number of rotatable bonds is 11. The van der Waals surface area contributed by atoms with E-state index in [2.05, 4.69) is 20.4 Å². The van der Waals surface area contributed by atoms with Crippen molar-refractivity contribution < 1.29 is 18.7 Å². The molecule has 4 rings (SSSR count). The maximum Gasteiger partial charge on any atom is 0.246 e. The van der Waals surface area contributed by atoms with Crippen molar-refractivity contribution in [2.45, 2.75) is 45.0 Å². The lowest BCUT2D eigenvalue weighted by molar-refractivity contribution is -0.134. The van der Waals surface area contributed by atoms with Crippen LogP contribution in [0.4, 0.5) is 8.78 Å². The van der Waals surface area contributed by atoms with Crippen LogP contribution in [0.25, 0.3) is 11.5 Å². The van der Waals surface area contributed by atoms with Gasteiger partial charge in [-0.25, -0.2) is 8.78 Å². The van der Waals surface area contributed by atoms with Gasteiger partial charge in [0.15, 0.2) is 0 Å². The Morgan fingerprint density at radius 3 is 2.53 bits per heavy atom. The summed E-state index contributed by atoms with van der Waals surface area (Å²) >= 11 is 0. The maximum atomic E-state index is 13.6. The van der Waals surface area contributed by atoms with Gasteiger partial charge < -0.3 is 15.7 Å². The second-order valence-electron chi connectivity index (χ2n) is 9.02. The van der Waals surface area contributed by atoms with Crippen LogP contribution < -0.4 is 5.73 Å². The van der Waals surface area contributed by atoms with Crippen LogP contribution in [0.3, 0.4) is 0 Å². The Morgan fingerprint density at radius 2 is 1.82 bits per heavy atom. The number of aryl methyl sites for hydroxylation is 1. The van der Waals surface area contributed by atoms with Gasteiger partial charge in [0.2, 0.25) is 11.7 Å². The topological polar surface area (TPSA) is 123 Å². The molecule has 2 atom stereocenters. The predicted molar refractivity (Wildman–Crippen MR) is 136 cm³/mol. The predicted octanol–water partition coefficient (Wildman–Crippen LogP) is 2.54. The normalized spacial score (nSPS) is 12.8. The summed E-state index contributed by atoms with van der Waals surface area (Å²) in [5, 5.41) is 23.1. The van der Waals surface area contributed by atoms with Crippen LogP contribution in [0, 0.1) is 11.6 Å². The first kappa shape index (κ1) is 27.0. The minimum Gasteiger partial charge on any atom is -0.390 e. The number of amides is 1. The fraction of sp³-hybridized carbons (Fsp3) is 0.296. The lowest BCUT2D eigenvalue weighted by atomic mass is 10.0. The van der Waals surface area contributed by atoms with Gasteiger partial charge in [-0.1, -0.05) is 37.3 Å². The zero-order valence-corrected chi connectivity index (χ0v) is 20.9. The third-order valence-corrected chi connectivity index (χ3v) is 6.04. The summed E-state index contributed by atoms with van der Waals surface area (Å²) in [5.74, 6) is -1.52. The minimum absolute atomic E-state index is 0.0290. The Morgan fingerprint density at radius 1 is 1.05 bits per heavy atom. The monoisotopic (exact) mass is 521 g/mol. The van der Waals surface area contributed by atoms with Gasteiger partial charge in [0.25, 0.3) is 0 Å². The highest BCUT2D eigenvalue weighted by molar-refractivity contribution is 5.76. The molecular weight excluding hydrogens is 492 g/mol. The van der Waals surface area contributed by atoms with E-state index in [1.54, 1.807) is 24.4 Å². The number of carbonyl (C=O) groups is 1. The molecule has 0 saturated heterocycles. The Kier molecular flexibility index (Phi) is 8.82. The van der Waals surface area contributed by atoms with Crippen LogP contribution in [0.15, 0.2) is 66.9 Å². The number of hydrogen-bond donors (Lipinski definition) is 2. The van der Waals surface area contributed by atoms with E-state index >= 15 is 0 Å². The number of halogens is 2. The molecule has 2 heterocycles. The van der Waals surface area contributed by atoms with Crippen molar-refractivity contribution in [2.24, 2.45) is 5.73 Å².